The summed E-state index contributed by atoms with van der Waals surface area (Å²) in [6.45, 7) is 0. The second-order valence-electron chi connectivity index (χ2n) is 7.14. The number of hydrogen-bond acceptors (Lipinski definition) is 10. The maximum absolute atomic E-state index is 12.6. The fourth-order valence-corrected chi connectivity index (χ4v) is 9.29. The minimum absolute atomic E-state index is 0.216. The molecule has 0 bridgehead atoms. The predicted octanol–water partition coefficient (Wildman–Crippen LogP) is 0.671. The van der Waals surface area contributed by atoms with Gasteiger partial charge < -0.3 is 0 Å². The molecule has 4 N–H and O–H groups in total. The molecule has 2 aliphatic carbocycles. The normalized spacial score (nSPS) is 29.4. The summed E-state index contributed by atoms with van der Waals surface area (Å²) >= 11 is 0. The highest BCUT2D eigenvalue weighted by Crippen LogP contribution is 2.47. The van der Waals surface area contributed by atoms with E-state index in [4.69, 9.17) is 11.1 Å². The van der Waals surface area contributed by atoms with Gasteiger partial charge in [0.2, 0.25) is 0 Å². The standard InChI is InChI=1S/C13H14N6O12S4/c14-18-16-8-1-3-10(32(20,21)22)12(5-8,34(26,27)28)7-13(35(29,30)31)6-9(17-19-15)2-4-11(13)33(23,24)25/h1-6,10-11H,7H2,(H,20,21,22)(H,23,24,25)(H,26,27,28)(H,29,30,31). The van der Waals surface area contributed by atoms with Crippen molar-refractivity contribution in [3.8, 4) is 0 Å². The Bertz CT molecular complexity index is 1480. The van der Waals surface area contributed by atoms with Crippen molar-refractivity contribution in [2.24, 2.45) is 10.2 Å². The Balaban J connectivity index is 3.16. The van der Waals surface area contributed by atoms with Gasteiger partial charge in [-0.25, -0.2) is 0 Å². The summed E-state index contributed by atoms with van der Waals surface area (Å²) in [5.41, 5.74) is 15.8. The van der Waals surface area contributed by atoms with Crippen molar-refractivity contribution in [3.63, 3.8) is 0 Å². The molecule has 2 aliphatic rings. The molecule has 0 saturated carbocycles. The Hall–Kier alpha value is -2.78. The largest absolute Gasteiger partial charge is 0.285 e. The number of rotatable bonds is 8. The van der Waals surface area contributed by atoms with E-state index in [1.165, 1.54) is 0 Å². The highest BCUT2D eigenvalue weighted by atomic mass is 32.2. The monoisotopic (exact) mass is 574 g/mol. The lowest BCUT2D eigenvalue weighted by Crippen LogP contribution is -2.61. The molecule has 22 heteroatoms. The van der Waals surface area contributed by atoms with E-state index in [0.29, 0.717) is 24.3 Å². The lowest BCUT2D eigenvalue weighted by molar-refractivity contribution is 0.374. The van der Waals surface area contributed by atoms with E-state index in [9.17, 15) is 51.9 Å². The summed E-state index contributed by atoms with van der Waals surface area (Å²) in [5, 5.41) is 0.535. The van der Waals surface area contributed by atoms with Gasteiger partial charge in [-0.15, -0.1) is 0 Å². The number of nitrogens with zero attached hydrogens (tertiary/aromatic N) is 6. The van der Waals surface area contributed by atoms with Crippen LogP contribution in [0.2, 0.25) is 0 Å². The van der Waals surface area contributed by atoms with Gasteiger partial charge in [-0.2, -0.15) is 33.7 Å². The van der Waals surface area contributed by atoms with Gasteiger partial charge in [-0.1, -0.05) is 34.5 Å². The van der Waals surface area contributed by atoms with Crippen molar-refractivity contribution in [1.82, 2.24) is 0 Å². The van der Waals surface area contributed by atoms with Crippen LogP contribution in [0, 0.1) is 0 Å². The molecular weight excluding hydrogens is 560 g/mol. The van der Waals surface area contributed by atoms with E-state index in [0.717, 1.165) is 0 Å². The average molecular weight is 575 g/mol. The molecular formula is C13H14N6O12S4. The van der Waals surface area contributed by atoms with Crippen molar-refractivity contribution < 1.29 is 51.9 Å². The zero-order valence-corrected chi connectivity index (χ0v) is 20.0. The van der Waals surface area contributed by atoms with Crippen LogP contribution < -0.4 is 0 Å². The van der Waals surface area contributed by atoms with Crippen molar-refractivity contribution in [2.75, 3.05) is 0 Å². The zero-order chi connectivity index (χ0) is 27.1. The van der Waals surface area contributed by atoms with Crippen LogP contribution >= 0.6 is 0 Å². The fraction of sp³-hybridized carbons (Fsp3) is 0.385. The lowest BCUT2D eigenvalue weighted by Gasteiger charge is -2.43. The minimum Gasteiger partial charge on any atom is -0.285 e. The van der Waals surface area contributed by atoms with Crippen LogP contribution in [0.4, 0.5) is 0 Å². The van der Waals surface area contributed by atoms with Gasteiger partial charge in [0.1, 0.15) is 20.0 Å². The molecule has 0 aromatic rings. The lowest BCUT2D eigenvalue weighted by atomic mass is 9.83. The van der Waals surface area contributed by atoms with Gasteiger partial charge >= 0.3 is 0 Å². The second-order valence-corrected chi connectivity index (χ2v) is 13.6. The molecule has 35 heavy (non-hydrogen) atoms. The third-order valence-electron chi connectivity index (χ3n) is 5.11. The maximum atomic E-state index is 12.6. The van der Waals surface area contributed by atoms with Crippen LogP contribution in [0.1, 0.15) is 6.42 Å². The van der Waals surface area contributed by atoms with E-state index in [1.807, 2.05) is 0 Å². The maximum Gasteiger partial charge on any atom is 0.276 e. The first-order valence-electron chi connectivity index (χ1n) is 8.54. The molecule has 0 radical (unpaired) electrons. The fourth-order valence-electron chi connectivity index (χ4n) is 3.75. The van der Waals surface area contributed by atoms with Gasteiger partial charge in [-0.05, 0) is 23.2 Å². The summed E-state index contributed by atoms with van der Waals surface area (Å²) in [7, 11) is -23.0. The molecule has 4 atom stereocenters. The summed E-state index contributed by atoms with van der Waals surface area (Å²) < 4.78 is 131. The third-order valence-corrected chi connectivity index (χ3v) is 10.8. The first-order valence-corrected chi connectivity index (χ1v) is 14.4. The van der Waals surface area contributed by atoms with Crippen LogP contribution in [-0.4, -0.2) is 71.9 Å². The molecule has 0 spiro atoms. The van der Waals surface area contributed by atoms with Crippen LogP contribution in [0.25, 0.3) is 20.9 Å². The topological polar surface area (TPSA) is 315 Å². The molecule has 0 amide bonds. The Morgan fingerprint density at radius 1 is 0.714 bits per heavy atom. The van der Waals surface area contributed by atoms with Gasteiger partial charge in [0, 0.05) is 27.6 Å². The van der Waals surface area contributed by atoms with Crippen molar-refractivity contribution in [3.05, 3.63) is 68.7 Å². The number of hydrogen-bond donors (Lipinski definition) is 4. The summed E-state index contributed by atoms with van der Waals surface area (Å²) in [6, 6.07) is 0. The van der Waals surface area contributed by atoms with Gasteiger partial charge in [0.15, 0.2) is 0 Å². The van der Waals surface area contributed by atoms with Gasteiger partial charge in [-0.3, -0.25) is 18.2 Å². The van der Waals surface area contributed by atoms with Crippen LogP contribution in [0.15, 0.2) is 58.1 Å². The number of allylic oxidation sites excluding steroid dienone is 2. The molecule has 4 unspecified atom stereocenters. The van der Waals surface area contributed by atoms with E-state index >= 15 is 0 Å². The van der Waals surface area contributed by atoms with E-state index in [1.54, 1.807) is 0 Å². The predicted molar refractivity (Wildman–Crippen MR) is 117 cm³/mol. The van der Waals surface area contributed by atoms with E-state index in [-0.39, 0.29) is 12.2 Å². The Morgan fingerprint density at radius 3 is 1.26 bits per heavy atom. The van der Waals surface area contributed by atoms with Crippen LogP contribution in [-0.2, 0) is 40.5 Å². The second kappa shape index (κ2) is 9.02. The smallest absolute Gasteiger partial charge is 0.276 e. The minimum atomic E-state index is -5.93. The molecule has 0 heterocycles. The number of azide groups is 2. The molecule has 18 nitrogen and oxygen atoms in total. The molecule has 0 aliphatic heterocycles. The summed E-state index contributed by atoms with van der Waals surface area (Å²) in [4.78, 5) is 4.67. The highest BCUT2D eigenvalue weighted by Gasteiger charge is 2.64. The molecule has 0 aromatic carbocycles. The molecule has 0 saturated heterocycles. The van der Waals surface area contributed by atoms with Crippen LogP contribution in [0.3, 0.4) is 0 Å². The van der Waals surface area contributed by atoms with Gasteiger partial charge in [0.05, 0.1) is 0 Å². The Kier molecular flexibility index (Phi) is 7.33. The Labute approximate surface area is 197 Å². The molecule has 0 aromatic heterocycles. The van der Waals surface area contributed by atoms with Crippen LogP contribution in [0.5, 0.6) is 0 Å². The van der Waals surface area contributed by atoms with Crippen molar-refractivity contribution in [1.29, 1.82) is 0 Å². The Morgan fingerprint density at radius 2 is 1.03 bits per heavy atom. The molecule has 0 fully saturated rings. The third kappa shape index (κ3) is 5.26. The zero-order valence-electron chi connectivity index (χ0n) is 16.7. The molecule has 2 rings (SSSR count). The van der Waals surface area contributed by atoms with Crippen molar-refractivity contribution >= 4 is 40.5 Å². The SMILES string of the molecule is [N-]=[N+]=NC1=CC(CC2(S(=O)(=O)O)C=C(N=[N+]=[N-])C=CC2S(=O)(=O)O)(S(=O)(=O)O)C(S(=O)(=O)O)C=C1. The van der Waals surface area contributed by atoms with Crippen molar-refractivity contribution in [2.45, 2.75) is 26.4 Å². The molecule has 192 valence electrons. The van der Waals surface area contributed by atoms with E-state index < -0.39 is 78.3 Å². The quantitative estimate of drug-likeness (QED) is 0.134. The van der Waals surface area contributed by atoms with Gasteiger partial charge in [0.25, 0.3) is 40.5 Å². The summed E-state index contributed by atoms with van der Waals surface area (Å²) in [5.74, 6) is 0. The average Bonchev–Trinajstić information content (AvgIpc) is 2.65. The first-order chi connectivity index (χ1) is 15.7. The highest BCUT2D eigenvalue weighted by molar-refractivity contribution is 7.92. The van der Waals surface area contributed by atoms with E-state index in [2.05, 4.69) is 20.1 Å². The summed E-state index contributed by atoms with van der Waals surface area (Å²) in [6.07, 6.45) is 0.653. The first kappa shape index (κ1) is 28.5.